The van der Waals surface area contributed by atoms with E-state index in [1.54, 1.807) is 41.9 Å². The molecule has 2 aromatic carbocycles. The van der Waals surface area contributed by atoms with Crippen molar-refractivity contribution in [3.63, 3.8) is 0 Å². The maximum atomic E-state index is 12.4. The van der Waals surface area contributed by atoms with Gasteiger partial charge in [0.15, 0.2) is 0 Å². The molecule has 120 valence electrons. The molecule has 2 amide bonds. The van der Waals surface area contributed by atoms with Crippen molar-refractivity contribution >= 4 is 23.2 Å². The van der Waals surface area contributed by atoms with E-state index in [2.05, 4.69) is 10.3 Å². The number of aromatic nitrogens is 1. The number of nitrogens with one attached hydrogen (secondary N) is 1. The smallest absolute Gasteiger partial charge is 0.252 e. The molecule has 0 radical (unpaired) electrons. The summed E-state index contributed by atoms with van der Waals surface area (Å²) in [6, 6.07) is 15.1. The van der Waals surface area contributed by atoms with Crippen molar-refractivity contribution in [3.05, 3.63) is 76.6 Å². The van der Waals surface area contributed by atoms with E-state index in [9.17, 15) is 9.59 Å². The first-order valence-corrected chi connectivity index (χ1v) is 8.23. The first kappa shape index (κ1) is 15.9. The molecule has 0 saturated carbocycles. The van der Waals surface area contributed by atoms with Crippen LogP contribution < -0.4 is 11.1 Å². The van der Waals surface area contributed by atoms with Crippen LogP contribution in [0.1, 0.15) is 22.0 Å². The van der Waals surface area contributed by atoms with E-state index in [1.807, 2.05) is 23.6 Å². The van der Waals surface area contributed by atoms with E-state index in [1.165, 1.54) is 11.3 Å². The fourth-order valence-electron chi connectivity index (χ4n) is 2.33. The number of primary amides is 1. The van der Waals surface area contributed by atoms with Gasteiger partial charge in [0.05, 0.1) is 11.2 Å². The van der Waals surface area contributed by atoms with Crippen molar-refractivity contribution in [1.29, 1.82) is 0 Å². The molecule has 0 spiro atoms. The van der Waals surface area contributed by atoms with Gasteiger partial charge in [-0.25, -0.2) is 4.98 Å². The van der Waals surface area contributed by atoms with Gasteiger partial charge in [0.2, 0.25) is 5.91 Å². The van der Waals surface area contributed by atoms with Crippen LogP contribution in [0.15, 0.2) is 65.5 Å². The average Bonchev–Trinajstić information content (AvgIpc) is 3.15. The molecule has 0 fully saturated rings. The van der Waals surface area contributed by atoms with E-state index in [4.69, 9.17) is 5.73 Å². The molecule has 0 aliphatic carbocycles. The fourth-order valence-corrected chi connectivity index (χ4v) is 2.89. The molecule has 0 aliphatic heterocycles. The predicted octanol–water partition coefficient (Wildman–Crippen LogP) is 2.77. The van der Waals surface area contributed by atoms with E-state index < -0.39 is 11.9 Å². The summed E-state index contributed by atoms with van der Waals surface area (Å²) in [6.07, 6.45) is 0. The highest BCUT2D eigenvalue weighted by atomic mass is 32.1. The van der Waals surface area contributed by atoms with Crippen LogP contribution in [-0.2, 0) is 4.79 Å². The molecule has 1 atom stereocenters. The maximum absolute atomic E-state index is 12.4. The second-order valence-corrected chi connectivity index (χ2v) is 5.89. The minimum Gasteiger partial charge on any atom is -0.368 e. The van der Waals surface area contributed by atoms with Crippen molar-refractivity contribution in [2.24, 2.45) is 5.73 Å². The second-order valence-electron chi connectivity index (χ2n) is 5.17. The summed E-state index contributed by atoms with van der Waals surface area (Å²) < 4.78 is 0. The summed E-state index contributed by atoms with van der Waals surface area (Å²) in [5, 5.41) is 4.61. The van der Waals surface area contributed by atoms with Gasteiger partial charge in [-0.3, -0.25) is 9.59 Å². The number of carbonyl (C=O) groups excluding carboxylic acids is 2. The number of benzene rings is 2. The van der Waals surface area contributed by atoms with Gasteiger partial charge in [0, 0.05) is 16.5 Å². The average molecular weight is 337 g/mol. The van der Waals surface area contributed by atoms with E-state index >= 15 is 0 Å². The Bertz CT molecular complexity index is 830. The van der Waals surface area contributed by atoms with Crippen molar-refractivity contribution in [1.82, 2.24) is 10.3 Å². The van der Waals surface area contributed by atoms with Crippen LogP contribution >= 0.6 is 11.3 Å². The number of thiazole rings is 1. The first-order valence-electron chi connectivity index (χ1n) is 7.29. The summed E-state index contributed by atoms with van der Waals surface area (Å²) in [7, 11) is 0. The lowest BCUT2D eigenvalue weighted by Crippen LogP contribution is -2.37. The lowest BCUT2D eigenvalue weighted by molar-refractivity contribution is -0.120. The summed E-state index contributed by atoms with van der Waals surface area (Å²) in [5.41, 5.74) is 10.1. The van der Waals surface area contributed by atoms with Crippen LogP contribution in [0.3, 0.4) is 0 Å². The van der Waals surface area contributed by atoms with E-state index in [-0.39, 0.29) is 5.91 Å². The Hall–Kier alpha value is -2.99. The number of amides is 2. The molecule has 3 rings (SSSR count). The van der Waals surface area contributed by atoms with Crippen molar-refractivity contribution in [3.8, 4) is 11.3 Å². The molecule has 0 saturated heterocycles. The van der Waals surface area contributed by atoms with Crippen LogP contribution in [0.25, 0.3) is 11.3 Å². The largest absolute Gasteiger partial charge is 0.368 e. The minimum atomic E-state index is -0.864. The lowest BCUT2D eigenvalue weighted by atomic mass is 10.0. The first-order chi connectivity index (χ1) is 11.6. The molecular weight excluding hydrogens is 322 g/mol. The minimum absolute atomic E-state index is 0.354. The van der Waals surface area contributed by atoms with Crippen LogP contribution in [-0.4, -0.2) is 16.8 Å². The Balaban J connectivity index is 1.77. The summed E-state index contributed by atoms with van der Waals surface area (Å²) in [5.74, 6) is -0.957. The monoisotopic (exact) mass is 337 g/mol. The van der Waals surface area contributed by atoms with Gasteiger partial charge in [-0.15, -0.1) is 11.3 Å². The molecule has 6 heteroatoms. The molecule has 0 bridgehead atoms. The molecule has 3 N–H and O–H groups in total. The van der Waals surface area contributed by atoms with E-state index in [0.717, 1.165) is 11.3 Å². The van der Waals surface area contributed by atoms with Crippen LogP contribution in [0.2, 0.25) is 0 Å². The second kappa shape index (κ2) is 7.06. The zero-order chi connectivity index (χ0) is 16.9. The van der Waals surface area contributed by atoms with Gasteiger partial charge in [-0.2, -0.15) is 0 Å². The Morgan fingerprint density at radius 2 is 1.75 bits per heavy atom. The zero-order valence-corrected chi connectivity index (χ0v) is 13.5. The van der Waals surface area contributed by atoms with Crippen molar-refractivity contribution in [2.75, 3.05) is 0 Å². The highest BCUT2D eigenvalue weighted by molar-refractivity contribution is 7.07. The lowest BCUT2D eigenvalue weighted by Gasteiger charge is -2.16. The summed E-state index contributed by atoms with van der Waals surface area (Å²) in [4.78, 5) is 28.3. The predicted molar refractivity (Wildman–Crippen MR) is 93.4 cm³/mol. The number of nitrogens with two attached hydrogens (primary N) is 1. The van der Waals surface area contributed by atoms with Gasteiger partial charge in [-0.05, 0) is 17.7 Å². The Kier molecular flexibility index (Phi) is 4.67. The molecule has 5 nitrogen and oxygen atoms in total. The Morgan fingerprint density at radius 3 is 2.33 bits per heavy atom. The number of carbonyl (C=O) groups is 2. The van der Waals surface area contributed by atoms with Crippen LogP contribution in [0.5, 0.6) is 0 Å². The van der Waals surface area contributed by atoms with Gasteiger partial charge in [-0.1, -0.05) is 42.5 Å². The Morgan fingerprint density at radius 1 is 1.04 bits per heavy atom. The van der Waals surface area contributed by atoms with Gasteiger partial charge in [0.1, 0.15) is 6.04 Å². The number of hydrogen-bond acceptors (Lipinski definition) is 4. The van der Waals surface area contributed by atoms with Crippen LogP contribution in [0.4, 0.5) is 0 Å². The number of hydrogen-bond donors (Lipinski definition) is 2. The summed E-state index contributed by atoms with van der Waals surface area (Å²) >= 11 is 1.51. The van der Waals surface area contributed by atoms with Gasteiger partial charge < -0.3 is 11.1 Å². The molecule has 1 aromatic heterocycles. The summed E-state index contributed by atoms with van der Waals surface area (Å²) in [6.45, 7) is 0. The van der Waals surface area contributed by atoms with Crippen molar-refractivity contribution in [2.45, 2.75) is 6.04 Å². The normalized spacial score (nSPS) is 11.7. The number of nitrogens with zero attached hydrogens (tertiary/aromatic N) is 1. The standard InChI is InChI=1S/C18H15N3O2S/c19-17(22)16(13-4-2-1-3-5-13)21-18(23)14-8-6-12(7-9-14)15-10-24-11-20-15/h1-11,16H,(H2,19,22)(H,21,23)/t16-/m0/s1. The highest BCUT2D eigenvalue weighted by Gasteiger charge is 2.20. The Labute approximate surface area is 143 Å². The molecule has 24 heavy (non-hydrogen) atoms. The maximum Gasteiger partial charge on any atom is 0.252 e. The zero-order valence-electron chi connectivity index (χ0n) is 12.7. The third-order valence-corrected chi connectivity index (χ3v) is 4.15. The van der Waals surface area contributed by atoms with Crippen molar-refractivity contribution < 1.29 is 9.59 Å². The third kappa shape index (κ3) is 3.49. The molecule has 1 heterocycles. The third-order valence-electron chi connectivity index (χ3n) is 3.57. The van der Waals surface area contributed by atoms with Crippen LogP contribution in [0, 0.1) is 0 Å². The highest BCUT2D eigenvalue weighted by Crippen LogP contribution is 2.20. The topological polar surface area (TPSA) is 85.1 Å². The number of rotatable bonds is 5. The molecule has 3 aromatic rings. The van der Waals surface area contributed by atoms with E-state index in [0.29, 0.717) is 11.1 Å². The molecular formula is C18H15N3O2S. The fraction of sp³-hybridized carbons (Fsp3) is 0.0556. The van der Waals surface area contributed by atoms with Gasteiger partial charge >= 0.3 is 0 Å². The SMILES string of the molecule is NC(=O)[C@@H](NC(=O)c1ccc(-c2cscn2)cc1)c1ccccc1. The molecule has 0 aliphatic rings. The van der Waals surface area contributed by atoms with Gasteiger partial charge in [0.25, 0.3) is 5.91 Å². The molecule has 0 unspecified atom stereocenters. The quantitative estimate of drug-likeness (QED) is 0.751.